The highest BCUT2D eigenvalue weighted by Crippen LogP contribution is 1.96. The van der Waals surface area contributed by atoms with Gasteiger partial charge in [0, 0.05) is 20.5 Å². The number of hydrogen-bond donors (Lipinski definition) is 0. The van der Waals surface area contributed by atoms with Crippen LogP contribution in [-0.2, 0) is 22.9 Å². The van der Waals surface area contributed by atoms with Crippen LogP contribution >= 0.6 is 0 Å². The largest absolute Gasteiger partial charge is 0.619 e. The Bertz CT molecular complexity index is 200. The van der Waals surface area contributed by atoms with Gasteiger partial charge in [-0.25, -0.2) is 0 Å². The zero-order chi connectivity index (χ0) is 11.0. The standard InChI is InChI=1S/C8H14O5Si/c1-4-5-6-11-14(12-7(2)9)13-8(3)10/h4,14H,1,5-6H2,2-3H3. The smallest absolute Gasteiger partial charge is 0.467 e. The molecule has 0 spiro atoms. The van der Waals surface area contributed by atoms with Crippen LogP contribution in [0.3, 0.4) is 0 Å². The van der Waals surface area contributed by atoms with E-state index in [-0.39, 0.29) is 0 Å². The maximum atomic E-state index is 10.6. The topological polar surface area (TPSA) is 61.8 Å². The number of rotatable bonds is 6. The lowest BCUT2D eigenvalue weighted by atomic mass is 10.5. The minimum Gasteiger partial charge on any atom is -0.467 e. The average Bonchev–Trinajstić information content (AvgIpc) is 2.02. The van der Waals surface area contributed by atoms with Gasteiger partial charge in [0.15, 0.2) is 0 Å². The molecule has 0 fully saturated rings. The molecule has 0 N–H and O–H groups in total. The summed E-state index contributed by atoms with van der Waals surface area (Å²) in [6.07, 6.45) is 2.28. The van der Waals surface area contributed by atoms with Gasteiger partial charge in [-0.1, -0.05) is 6.08 Å². The van der Waals surface area contributed by atoms with Crippen LogP contribution in [0.1, 0.15) is 20.3 Å². The highest BCUT2D eigenvalue weighted by atomic mass is 28.3. The van der Waals surface area contributed by atoms with Crippen LogP contribution in [0.25, 0.3) is 0 Å². The molecular weight excluding hydrogens is 204 g/mol. The van der Waals surface area contributed by atoms with Gasteiger partial charge in [0.25, 0.3) is 11.9 Å². The Morgan fingerprint density at radius 1 is 1.29 bits per heavy atom. The van der Waals surface area contributed by atoms with E-state index >= 15 is 0 Å². The van der Waals surface area contributed by atoms with Gasteiger partial charge >= 0.3 is 9.53 Å². The van der Waals surface area contributed by atoms with Crippen molar-refractivity contribution >= 4 is 21.5 Å². The summed E-state index contributed by atoms with van der Waals surface area (Å²) in [5.41, 5.74) is 0. The average molecular weight is 218 g/mol. The van der Waals surface area contributed by atoms with Gasteiger partial charge in [0.05, 0.1) is 0 Å². The van der Waals surface area contributed by atoms with Gasteiger partial charge in [-0.05, 0) is 6.42 Å². The normalized spacial score (nSPS) is 9.64. The second kappa shape index (κ2) is 7.28. The second-order valence-corrected chi connectivity index (χ2v) is 3.84. The fourth-order valence-electron chi connectivity index (χ4n) is 0.611. The summed E-state index contributed by atoms with van der Waals surface area (Å²) in [5.74, 6) is -1.02. The minimum atomic E-state index is -2.63. The maximum Gasteiger partial charge on any atom is 0.619 e. The van der Waals surface area contributed by atoms with E-state index in [4.69, 9.17) is 13.3 Å². The van der Waals surface area contributed by atoms with Crippen molar-refractivity contribution in [2.75, 3.05) is 6.61 Å². The van der Waals surface area contributed by atoms with Crippen LogP contribution in [-0.4, -0.2) is 28.1 Å². The monoisotopic (exact) mass is 218 g/mol. The van der Waals surface area contributed by atoms with Gasteiger partial charge < -0.3 is 13.3 Å². The third-order valence-corrected chi connectivity index (χ3v) is 2.66. The minimum absolute atomic E-state index is 0.334. The Balaban J connectivity index is 3.89. The molecule has 0 radical (unpaired) electrons. The fourth-order valence-corrected chi connectivity index (χ4v) is 1.67. The van der Waals surface area contributed by atoms with Crippen molar-refractivity contribution < 1.29 is 22.9 Å². The molecule has 0 saturated heterocycles. The molecule has 0 heterocycles. The predicted molar refractivity (Wildman–Crippen MR) is 51.4 cm³/mol. The van der Waals surface area contributed by atoms with E-state index in [0.717, 1.165) is 0 Å². The molecule has 0 atom stereocenters. The lowest BCUT2D eigenvalue weighted by Gasteiger charge is -2.13. The van der Waals surface area contributed by atoms with Gasteiger partial charge in [0.2, 0.25) is 0 Å². The summed E-state index contributed by atoms with van der Waals surface area (Å²) in [6, 6.07) is 0. The molecule has 0 aromatic rings. The van der Waals surface area contributed by atoms with E-state index in [9.17, 15) is 9.59 Å². The Labute approximate surface area is 84.6 Å². The molecule has 0 aromatic carbocycles. The van der Waals surface area contributed by atoms with E-state index < -0.39 is 21.5 Å². The Kier molecular flexibility index (Phi) is 6.68. The van der Waals surface area contributed by atoms with Gasteiger partial charge in [0.1, 0.15) is 0 Å². The van der Waals surface area contributed by atoms with E-state index in [0.29, 0.717) is 13.0 Å². The van der Waals surface area contributed by atoms with Crippen molar-refractivity contribution in [1.29, 1.82) is 0 Å². The van der Waals surface area contributed by atoms with Crippen LogP contribution in [0.15, 0.2) is 12.7 Å². The van der Waals surface area contributed by atoms with E-state index in [1.54, 1.807) is 6.08 Å². The first kappa shape index (κ1) is 12.9. The SMILES string of the molecule is C=CCCO[SiH](OC(C)=O)OC(C)=O. The Hall–Kier alpha value is -1.14. The van der Waals surface area contributed by atoms with Crippen molar-refractivity contribution in [3.8, 4) is 0 Å². The number of carbonyl (C=O) groups is 2. The van der Waals surface area contributed by atoms with Crippen molar-refractivity contribution in [1.82, 2.24) is 0 Å². The summed E-state index contributed by atoms with van der Waals surface area (Å²) in [6.45, 7) is 6.31. The zero-order valence-electron chi connectivity index (χ0n) is 8.32. The Morgan fingerprint density at radius 3 is 2.14 bits per heavy atom. The highest BCUT2D eigenvalue weighted by Gasteiger charge is 2.21. The molecule has 0 rings (SSSR count). The van der Waals surface area contributed by atoms with Gasteiger partial charge in [-0.2, -0.15) is 0 Å². The maximum absolute atomic E-state index is 10.6. The summed E-state index contributed by atoms with van der Waals surface area (Å²) in [5, 5.41) is 0. The van der Waals surface area contributed by atoms with E-state index in [1.165, 1.54) is 13.8 Å². The second-order valence-electron chi connectivity index (χ2n) is 2.46. The lowest BCUT2D eigenvalue weighted by molar-refractivity contribution is -0.140. The van der Waals surface area contributed by atoms with Gasteiger partial charge in [-0.3, -0.25) is 9.59 Å². The summed E-state index contributed by atoms with van der Waals surface area (Å²) in [4.78, 5) is 21.2. The third kappa shape index (κ3) is 7.50. The molecular formula is C8H14O5Si. The Morgan fingerprint density at radius 2 is 1.79 bits per heavy atom. The molecule has 0 aliphatic heterocycles. The molecule has 0 amide bonds. The quantitative estimate of drug-likeness (QED) is 0.367. The van der Waals surface area contributed by atoms with Crippen LogP contribution in [0.4, 0.5) is 0 Å². The first-order valence-electron chi connectivity index (χ1n) is 4.13. The molecule has 0 bridgehead atoms. The van der Waals surface area contributed by atoms with Crippen LogP contribution in [0.2, 0.25) is 0 Å². The zero-order valence-corrected chi connectivity index (χ0v) is 9.47. The number of carbonyl (C=O) groups excluding carboxylic acids is 2. The van der Waals surface area contributed by atoms with Crippen LogP contribution in [0, 0.1) is 0 Å². The first-order chi connectivity index (χ1) is 6.56. The molecule has 0 unspecified atom stereocenters. The van der Waals surface area contributed by atoms with E-state index in [1.807, 2.05) is 0 Å². The predicted octanol–water partition coefficient (Wildman–Crippen LogP) is 0.422. The van der Waals surface area contributed by atoms with Crippen molar-refractivity contribution in [2.45, 2.75) is 20.3 Å². The lowest BCUT2D eigenvalue weighted by Crippen LogP contribution is -2.31. The highest BCUT2D eigenvalue weighted by molar-refractivity contribution is 6.41. The van der Waals surface area contributed by atoms with Crippen LogP contribution < -0.4 is 0 Å². The summed E-state index contributed by atoms with van der Waals surface area (Å²) >= 11 is 0. The summed E-state index contributed by atoms with van der Waals surface area (Å²) in [7, 11) is -2.63. The van der Waals surface area contributed by atoms with Crippen LogP contribution in [0.5, 0.6) is 0 Å². The molecule has 0 aromatic heterocycles. The molecule has 14 heavy (non-hydrogen) atoms. The van der Waals surface area contributed by atoms with E-state index in [2.05, 4.69) is 6.58 Å². The molecule has 5 nitrogen and oxygen atoms in total. The van der Waals surface area contributed by atoms with Crippen molar-refractivity contribution in [3.63, 3.8) is 0 Å². The molecule has 80 valence electrons. The fraction of sp³-hybridized carbons (Fsp3) is 0.500. The molecule has 0 saturated carbocycles. The molecule has 6 heteroatoms. The third-order valence-electron chi connectivity index (χ3n) is 1.10. The first-order valence-corrected chi connectivity index (χ1v) is 5.54. The van der Waals surface area contributed by atoms with Crippen molar-refractivity contribution in [2.24, 2.45) is 0 Å². The molecule has 0 aliphatic carbocycles. The summed E-state index contributed by atoms with van der Waals surface area (Å²) < 4.78 is 14.5. The van der Waals surface area contributed by atoms with Gasteiger partial charge in [-0.15, -0.1) is 6.58 Å². The van der Waals surface area contributed by atoms with Crippen molar-refractivity contribution in [3.05, 3.63) is 12.7 Å². The molecule has 0 aliphatic rings. The number of hydrogen-bond acceptors (Lipinski definition) is 5.